The van der Waals surface area contributed by atoms with Gasteiger partial charge in [0.2, 0.25) is 0 Å². The number of carbonyl (C=O) groups excluding carboxylic acids is 1. The Balaban J connectivity index is 2.08. The fourth-order valence-corrected chi connectivity index (χ4v) is 2.60. The van der Waals surface area contributed by atoms with Gasteiger partial charge in [-0.2, -0.15) is 0 Å². The summed E-state index contributed by atoms with van der Waals surface area (Å²) in [6, 6.07) is 6.61. The molecule has 0 radical (unpaired) electrons. The SMILES string of the molecule is CNC1CCN(C(=O)c2ccc(C)cc2C)CC1. The molecule has 3 nitrogen and oxygen atoms in total. The van der Waals surface area contributed by atoms with E-state index in [1.54, 1.807) is 0 Å². The van der Waals surface area contributed by atoms with Gasteiger partial charge in [0.15, 0.2) is 0 Å². The Hall–Kier alpha value is -1.35. The average Bonchev–Trinajstić information content (AvgIpc) is 2.38. The van der Waals surface area contributed by atoms with Crippen LogP contribution in [0.2, 0.25) is 0 Å². The smallest absolute Gasteiger partial charge is 0.254 e. The molecule has 98 valence electrons. The van der Waals surface area contributed by atoms with Gasteiger partial charge in [0.25, 0.3) is 5.91 Å². The van der Waals surface area contributed by atoms with Crippen molar-refractivity contribution in [2.75, 3.05) is 20.1 Å². The topological polar surface area (TPSA) is 32.3 Å². The van der Waals surface area contributed by atoms with Crippen molar-refractivity contribution in [2.24, 2.45) is 0 Å². The van der Waals surface area contributed by atoms with Gasteiger partial charge in [0.1, 0.15) is 0 Å². The average molecular weight is 246 g/mol. The number of nitrogens with one attached hydrogen (secondary N) is 1. The number of rotatable bonds is 2. The van der Waals surface area contributed by atoms with Gasteiger partial charge in [-0.1, -0.05) is 17.7 Å². The monoisotopic (exact) mass is 246 g/mol. The summed E-state index contributed by atoms with van der Waals surface area (Å²) in [5, 5.41) is 3.28. The molecule has 1 aromatic carbocycles. The van der Waals surface area contributed by atoms with Crippen LogP contribution in [0.25, 0.3) is 0 Å². The number of benzene rings is 1. The first-order valence-corrected chi connectivity index (χ1v) is 6.65. The van der Waals surface area contributed by atoms with Crippen LogP contribution in [0.5, 0.6) is 0 Å². The highest BCUT2D eigenvalue weighted by Gasteiger charge is 2.23. The highest BCUT2D eigenvalue weighted by atomic mass is 16.2. The summed E-state index contributed by atoms with van der Waals surface area (Å²) in [6.07, 6.45) is 2.10. The van der Waals surface area contributed by atoms with Gasteiger partial charge < -0.3 is 10.2 Å². The van der Waals surface area contributed by atoms with Gasteiger partial charge in [-0.25, -0.2) is 0 Å². The molecule has 1 saturated heterocycles. The molecule has 1 aliphatic heterocycles. The number of carbonyl (C=O) groups is 1. The second kappa shape index (κ2) is 5.53. The van der Waals surface area contributed by atoms with Gasteiger partial charge in [0.05, 0.1) is 0 Å². The van der Waals surface area contributed by atoms with Gasteiger partial charge in [-0.3, -0.25) is 4.79 Å². The lowest BCUT2D eigenvalue weighted by Gasteiger charge is -2.32. The molecule has 0 aromatic heterocycles. The largest absolute Gasteiger partial charge is 0.339 e. The Morgan fingerprint density at radius 1 is 1.28 bits per heavy atom. The number of hydrogen-bond acceptors (Lipinski definition) is 2. The van der Waals surface area contributed by atoms with Crippen molar-refractivity contribution >= 4 is 5.91 Å². The van der Waals surface area contributed by atoms with E-state index in [1.807, 2.05) is 31.0 Å². The van der Waals surface area contributed by atoms with E-state index >= 15 is 0 Å². The molecule has 1 amide bonds. The van der Waals surface area contributed by atoms with E-state index in [4.69, 9.17) is 0 Å². The third kappa shape index (κ3) is 2.72. The zero-order valence-corrected chi connectivity index (χ0v) is 11.5. The lowest BCUT2D eigenvalue weighted by atomic mass is 10.0. The summed E-state index contributed by atoms with van der Waals surface area (Å²) in [6.45, 7) is 5.79. The molecule has 1 aliphatic rings. The lowest BCUT2D eigenvalue weighted by Crippen LogP contribution is -2.44. The number of aryl methyl sites for hydroxylation is 2. The second-order valence-electron chi connectivity index (χ2n) is 5.17. The first-order valence-electron chi connectivity index (χ1n) is 6.65. The van der Waals surface area contributed by atoms with Crippen molar-refractivity contribution in [3.8, 4) is 0 Å². The van der Waals surface area contributed by atoms with Gasteiger partial charge in [-0.15, -0.1) is 0 Å². The number of piperidine rings is 1. The Labute approximate surface area is 109 Å². The highest BCUT2D eigenvalue weighted by Crippen LogP contribution is 2.17. The highest BCUT2D eigenvalue weighted by molar-refractivity contribution is 5.95. The summed E-state index contributed by atoms with van der Waals surface area (Å²) in [4.78, 5) is 14.4. The first-order chi connectivity index (χ1) is 8.61. The third-order valence-electron chi connectivity index (χ3n) is 3.80. The normalized spacial score (nSPS) is 16.9. The molecular formula is C15H22N2O. The fraction of sp³-hybridized carbons (Fsp3) is 0.533. The van der Waals surface area contributed by atoms with Gasteiger partial charge >= 0.3 is 0 Å². The Morgan fingerprint density at radius 2 is 1.94 bits per heavy atom. The predicted molar refractivity (Wildman–Crippen MR) is 73.9 cm³/mol. The van der Waals surface area contributed by atoms with E-state index in [1.165, 1.54) is 5.56 Å². The van der Waals surface area contributed by atoms with E-state index in [0.717, 1.165) is 37.1 Å². The van der Waals surface area contributed by atoms with Crippen molar-refractivity contribution in [1.29, 1.82) is 0 Å². The Bertz CT molecular complexity index is 434. The van der Waals surface area contributed by atoms with Crippen molar-refractivity contribution in [2.45, 2.75) is 32.7 Å². The molecule has 1 aromatic rings. The van der Waals surface area contributed by atoms with E-state index in [-0.39, 0.29) is 5.91 Å². The second-order valence-corrected chi connectivity index (χ2v) is 5.17. The number of likely N-dealkylation sites (tertiary alicyclic amines) is 1. The van der Waals surface area contributed by atoms with E-state index in [2.05, 4.69) is 18.3 Å². The molecule has 2 rings (SSSR count). The van der Waals surface area contributed by atoms with Crippen LogP contribution in [0.4, 0.5) is 0 Å². The minimum absolute atomic E-state index is 0.182. The summed E-state index contributed by atoms with van der Waals surface area (Å²) < 4.78 is 0. The molecule has 0 unspecified atom stereocenters. The molecule has 0 spiro atoms. The number of amides is 1. The summed E-state index contributed by atoms with van der Waals surface area (Å²) in [5.74, 6) is 0.182. The van der Waals surface area contributed by atoms with Crippen LogP contribution in [-0.2, 0) is 0 Å². The quantitative estimate of drug-likeness (QED) is 0.867. The van der Waals surface area contributed by atoms with E-state index in [0.29, 0.717) is 6.04 Å². The van der Waals surface area contributed by atoms with Crippen molar-refractivity contribution in [3.63, 3.8) is 0 Å². The summed E-state index contributed by atoms with van der Waals surface area (Å²) >= 11 is 0. The van der Waals surface area contributed by atoms with E-state index in [9.17, 15) is 4.79 Å². The van der Waals surface area contributed by atoms with Crippen molar-refractivity contribution < 1.29 is 4.79 Å². The van der Waals surface area contributed by atoms with E-state index < -0.39 is 0 Å². The molecular weight excluding hydrogens is 224 g/mol. The summed E-state index contributed by atoms with van der Waals surface area (Å²) in [5.41, 5.74) is 3.14. The maximum absolute atomic E-state index is 12.4. The lowest BCUT2D eigenvalue weighted by molar-refractivity contribution is 0.0706. The number of hydrogen-bond donors (Lipinski definition) is 1. The Kier molecular flexibility index (Phi) is 4.02. The van der Waals surface area contributed by atoms with Crippen LogP contribution in [0.15, 0.2) is 18.2 Å². The fourth-order valence-electron chi connectivity index (χ4n) is 2.60. The predicted octanol–water partition coefficient (Wildman–Crippen LogP) is 2.13. The molecule has 1 heterocycles. The van der Waals surface area contributed by atoms with Gasteiger partial charge in [0, 0.05) is 24.7 Å². The molecule has 1 fully saturated rings. The molecule has 0 saturated carbocycles. The van der Waals surface area contributed by atoms with Crippen LogP contribution in [0.1, 0.15) is 34.3 Å². The van der Waals surface area contributed by atoms with Crippen molar-refractivity contribution in [1.82, 2.24) is 10.2 Å². The van der Waals surface area contributed by atoms with Crippen LogP contribution in [0.3, 0.4) is 0 Å². The zero-order chi connectivity index (χ0) is 13.1. The minimum atomic E-state index is 0.182. The summed E-state index contributed by atoms with van der Waals surface area (Å²) in [7, 11) is 1.99. The first kappa shape index (κ1) is 13.1. The third-order valence-corrected chi connectivity index (χ3v) is 3.80. The minimum Gasteiger partial charge on any atom is -0.339 e. The maximum Gasteiger partial charge on any atom is 0.254 e. The van der Waals surface area contributed by atoms with Crippen LogP contribution >= 0.6 is 0 Å². The molecule has 0 bridgehead atoms. The molecule has 18 heavy (non-hydrogen) atoms. The molecule has 3 heteroatoms. The standard InChI is InChI=1S/C15H22N2O/c1-11-4-5-14(12(2)10-11)15(18)17-8-6-13(16-3)7-9-17/h4-5,10,13,16H,6-9H2,1-3H3. The van der Waals surface area contributed by atoms with Crippen LogP contribution in [0, 0.1) is 13.8 Å². The molecule has 0 aliphatic carbocycles. The zero-order valence-electron chi connectivity index (χ0n) is 11.5. The molecule has 0 atom stereocenters. The Morgan fingerprint density at radius 3 is 2.50 bits per heavy atom. The number of nitrogens with zero attached hydrogens (tertiary/aromatic N) is 1. The van der Waals surface area contributed by atoms with Crippen LogP contribution in [-0.4, -0.2) is 37.0 Å². The van der Waals surface area contributed by atoms with Crippen molar-refractivity contribution in [3.05, 3.63) is 34.9 Å². The van der Waals surface area contributed by atoms with Crippen LogP contribution < -0.4 is 5.32 Å². The molecule has 1 N–H and O–H groups in total. The van der Waals surface area contributed by atoms with Gasteiger partial charge in [-0.05, 0) is 45.4 Å². The maximum atomic E-state index is 12.4.